The Balaban J connectivity index is 2.30. The van der Waals surface area contributed by atoms with Crippen LogP contribution >= 0.6 is 0 Å². The molecule has 0 spiro atoms. The number of rotatable bonds is 0. The zero-order valence-electron chi connectivity index (χ0n) is 7.58. The molecule has 1 aromatic heterocycles. The van der Waals surface area contributed by atoms with Gasteiger partial charge in [0.1, 0.15) is 0 Å². The van der Waals surface area contributed by atoms with Gasteiger partial charge >= 0.3 is 0 Å². The molecule has 2 rings (SSSR count). The van der Waals surface area contributed by atoms with Crippen LogP contribution in [0, 0.1) is 5.41 Å². The summed E-state index contributed by atoms with van der Waals surface area (Å²) in [7, 11) is 0. The van der Waals surface area contributed by atoms with E-state index < -0.39 is 0 Å². The summed E-state index contributed by atoms with van der Waals surface area (Å²) < 4.78 is 7.57. The number of hydrogen-bond donors (Lipinski definition) is 0. The lowest BCUT2D eigenvalue weighted by Crippen LogP contribution is -2.23. The van der Waals surface area contributed by atoms with Crippen LogP contribution in [0.25, 0.3) is 0 Å². The van der Waals surface area contributed by atoms with E-state index in [9.17, 15) is 0 Å². The van der Waals surface area contributed by atoms with Gasteiger partial charge in [0.25, 0.3) is 0 Å². The molecule has 0 saturated carbocycles. The molecule has 3 heteroatoms. The number of nitrogens with zero attached hydrogens (tertiary/aromatic N) is 2. The molecule has 0 bridgehead atoms. The van der Waals surface area contributed by atoms with E-state index in [0.717, 1.165) is 13.2 Å². The number of ether oxygens (including phenoxy) is 1. The molecule has 66 valence electrons. The maximum atomic E-state index is 5.53. The molecule has 2 heterocycles. The minimum atomic E-state index is 0.206. The maximum absolute atomic E-state index is 5.53. The molecular weight excluding hydrogens is 152 g/mol. The molecule has 1 aromatic rings. The summed E-state index contributed by atoms with van der Waals surface area (Å²) in [5, 5.41) is 4.25. The zero-order valence-corrected chi connectivity index (χ0v) is 7.58. The minimum absolute atomic E-state index is 0.206. The Bertz CT molecular complexity index is 278. The van der Waals surface area contributed by atoms with Crippen molar-refractivity contribution >= 4 is 0 Å². The lowest BCUT2D eigenvalue weighted by Gasteiger charge is -2.20. The highest BCUT2D eigenvalue weighted by atomic mass is 16.5. The summed E-state index contributed by atoms with van der Waals surface area (Å²) in [4.78, 5) is 0. The lowest BCUT2D eigenvalue weighted by atomic mass is 9.95. The Morgan fingerprint density at radius 2 is 2.42 bits per heavy atom. The fraction of sp³-hybridized carbons (Fsp3) is 0.667. The third kappa shape index (κ3) is 1.37. The summed E-state index contributed by atoms with van der Waals surface area (Å²) in [6, 6.07) is 2.02. The fourth-order valence-electron chi connectivity index (χ4n) is 1.51. The van der Waals surface area contributed by atoms with Crippen LogP contribution in [0.4, 0.5) is 0 Å². The van der Waals surface area contributed by atoms with Crippen molar-refractivity contribution in [3.8, 4) is 0 Å². The first kappa shape index (κ1) is 7.80. The topological polar surface area (TPSA) is 27.1 Å². The summed E-state index contributed by atoms with van der Waals surface area (Å²) in [5.41, 5.74) is 1.39. The van der Waals surface area contributed by atoms with Crippen LogP contribution in [0.2, 0.25) is 0 Å². The van der Waals surface area contributed by atoms with Gasteiger partial charge in [-0.15, -0.1) is 0 Å². The normalized spacial score (nSPS) is 21.5. The van der Waals surface area contributed by atoms with Gasteiger partial charge in [-0.05, 0) is 6.07 Å². The minimum Gasteiger partial charge on any atom is -0.375 e. The van der Waals surface area contributed by atoms with E-state index in [1.807, 2.05) is 16.9 Å². The molecule has 0 atom stereocenters. The van der Waals surface area contributed by atoms with Gasteiger partial charge < -0.3 is 4.74 Å². The average molecular weight is 166 g/mol. The molecule has 0 aliphatic carbocycles. The number of hydrogen-bond acceptors (Lipinski definition) is 2. The smallest absolute Gasteiger partial charge is 0.0885 e. The fourth-order valence-corrected chi connectivity index (χ4v) is 1.51. The molecule has 0 aromatic carbocycles. The van der Waals surface area contributed by atoms with E-state index in [1.54, 1.807) is 0 Å². The SMILES string of the molecule is CC1(C)COCc2ccnn2C1. The van der Waals surface area contributed by atoms with Crippen molar-refractivity contribution in [2.75, 3.05) is 6.61 Å². The van der Waals surface area contributed by atoms with Crippen LogP contribution in [0.3, 0.4) is 0 Å². The Hall–Kier alpha value is -0.830. The summed E-state index contributed by atoms with van der Waals surface area (Å²) in [6.07, 6.45) is 1.83. The van der Waals surface area contributed by atoms with Gasteiger partial charge in [0, 0.05) is 18.2 Å². The standard InChI is InChI=1S/C9H14N2O/c1-9(2)6-11-8(3-4-10-11)5-12-7-9/h3-4H,5-7H2,1-2H3. The van der Waals surface area contributed by atoms with Crippen LogP contribution < -0.4 is 0 Å². The quantitative estimate of drug-likeness (QED) is 0.583. The highest BCUT2D eigenvalue weighted by Gasteiger charge is 2.23. The Morgan fingerprint density at radius 3 is 3.25 bits per heavy atom. The van der Waals surface area contributed by atoms with Crippen LogP contribution in [0.5, 0.6) is 0 Å². The molecule has 0 fully saturated rings. The van der Waals surface area contributed by atoms with E-state index in [4.69, 9.17) is 4.74 Å². The largest absolute Gasteiger partial charge is 0.375 e. The van der Waals surface area contributed by atoms with Crippen LogP contribution in [0.1, 0.15) is 19.5 Å². The first-order valence-corrected chi connectivity index (χ1v) is 4.26. The number of aromatic nitrogens is 2. The first-order valence-electron chi connectivity index (χ1n) is 4.26. The van der Waals surface area contributed by atoms with Gasteiger partial charge in [-0.25, -0.2) is 0 Å². The van der Waals surface area contributed by atoms with Gasteiger partial charge in [0.05, 0.1) is 18.9 Å². The summed E-state index contributed by atoms with van der Waals surface area (Å²) >= 11 is 0. The van der Waals surface area contributed by atoms with Crippen molar-refractivity contribution in [1.29, 1.82) is 0 Å². The van der Waals surface area contributed by atoms with E-state index >= 15 is 0 Å². The van der Waals surface area contributed by atoms with Crippen molar-refractivity contribution in [1.82, 2.24) is 9.78 Å². The second-order valence-electron chi connectivity index (χ2n) is 4.14. The molecule has 3 nitrogen and oxygen atoms in total. The van der Waals surface area contributed by atoms with E-state index in [0.29, 0.717) is 6.61 Å². The molecule has 12 heavy (non-hydrogen) atoms. The van der Waals surface area contributed by atoms with Crippen molar-refractivity contribution in [3.63, 3.8) is 0 Å². The molecule has 0 N–H and O–H groups in total. The van der Waals surface area contributed by atoms with E-state index in [1.165, 1.54) is 5.69 Å². The lowest BCUT2D eigenvalue weighted by molar-refractivity contribution is 0.0586. The van der Waals surface area contributed by atoms with Gasteiger partial charge in [-0.3, -0.25) is 4.68 Å². The molecule has 0 unspecified atom stereocenters. The molecule has 0 amide bonds. The predicted molar refractivity (Wildman–Crippen MR) is 45.7 cm³/mol. The zero-order chi connectivity index (χ0) is 8.60. The van der Waals surface area contributed by atoms with Gasteiger partial charge in [0.15, 0.2) is 0 Å². The Morgan fingerprint density at radius 1 is 1.58 bits per heavy atom. The van der Waals surface area contributed by atoms with E-state index in [2.05, 4.69) is 18.9 Å². The molecule has 1 aliphatic rings. The highest BCUT2D eigenvalue weighted by Crippen LogP contribution is 2.22. The molecular formula is C9H14N2O. The van der Waals surface area contributed by atoms with Crippen LogP contribution in [0.15, 0.2) is 12.3 Å². The summed E-state index contributed by atoms with van der Waals surface area (Å²) in [6.45, 7) is 6.86. The maximum Gasteiger partial charge on any atom is 0.0885 e. The molecule has 1 aliphatic heterocycles. The molecule has 0 radical (unpaired) electrons. The van der Waals surface area contributed by atoms with Gasteiger partial charge in [0.2, 0.25) is 0 Å². The number of fused-ring (bicyclic) bond motifs is 1. The predicted octanol–water partition coefficient (Wildman–Crippen LogP) is 1.44. The van der Waals surface area contributed by atoms with Crippen LogP contribution in [-0.2, 0) is 17.9 Å². The Labute approximate surface area is 72.3 Å². The van der Waals surface area contributed by atoms with Crippen molar-refractivity contribution in [2.45, 2.75) is 27.0 Å². The van der Waals surface area contributed by atoms with Gasteiger partial charge in [-0.2, -0.15) is 5.10 Å². The Kier molecular flexibility index (Phi) is 1.68. The monoisotopic (exact) mass is 166 g/mol. The second-order valence-corrected chi connectivity index (χ2v) is 4.14. The highest BCUT2D eigenvalue weighted by molar-refractivity contribution is 5.00. The first-order chi connectivity index (χ1) is 5.67. The summed E-state index contributed by atoms with van der Waals surface area (Å²) in [5.74, 6) is 0. The third-order valence-corrected chi connectivity index (χ3v) is 2.13. The van der Waals surface area contributed by atoms with Crippen molar-refractivity contribution in [3.05, 3.63) is 18.0 Å². The molecule has 0 saturated heterocycles. The van der Waals surface area contributed by atoms with Crippen molar-refractivity contribution in [2.24, 2.45) is 5.41 Å². The second kappa shape index (κ2) is 2.59. The van der Waals surface area contributed by atoms with Crippen molar-refractivity contribution < 1.29 is 4.74 Å². The average Bonchev–Trinajstić information content (AvgIpc) is 2.31. The van der Waals surface area contributed by atoms with Crippen LogP contribution in [-0.4, -0.2) is 16.4 Å². The van der Waals surface area contributed by atoms with E-state index in [-0.39, 0.29) is 5.41 Å². The third-order valence-electron chi connectivity index (χ3n) is 2.13. The van der Waals surface area contributed by atoms with Gasteiger partial charge in [-0.1, -0.05) is 13.8 Å².